The molecule has 0 atom stereocenters. The van der Waals surface area contributed by atoms with E-state index in [1.54, 1.807) is 11.8 Å². The van der Waals surface area contributed by atoms with Gasteiger partial charge in [-0.2, -0.15) is 0 Å². The lowest BCUT2D eigenvalue weighted by molar-refractivity contribution is -0.131. The van der Waals surface area contributed by atoms with E-state index in [0.29, 0.717) is 39.2 Å². The minimum absolute atomic E-state index is 0.164. The second-order valence-electron chi connectivity index (χ2n) is 5.91. The molecule has 5 nitrogen and oxygen atoms in total. The summed E-state index contributed by atoms with van der Waals surface area (Å²) in [6.45, 7) is 6.75. The molecule has 0 N–H and O–H groups in total. The molecule has 1 saturated heterocycles. The summed E-state index contributed by atoms with van der Waals surface area (Å²) in [6.07, 6.45) is 1.80. The minimum Gasteiger partial charge on any atom is -0.450 e. The topological polar surface area (TPSA) is 49.9 Å². The lowest BCUT2D eigenvalue weighted by Crippen LogP contribution is -2.37. The molecule has 0 spiro atoms. The van der Waals surface area contributed by atoms with E-state index in [9.17, 15) is 9.59 Å². The van der Waals surface area contributed by atoms with Crippen molar-refractivity contribution >= 4 is 12.0 Å². The van der Waals surface area contributed by atoms with Gasteiger partial charge in [0.25, 0.3) is 0 Å². The van der Waals surface area contributed by atoms with Crippen LogP contribution in [0.25, 0.3) is 0 Å². The van der Waals surface area contributed by atoms with Crippen molar-refractivity contribution in [2.24, 2.45) is 0 Å². The Bertz CT molecular complexity index is 545. The normalized spacial score (nSPS) is 15.2. The number of ether oxygens (including phenoxy) is 1. The smallest absolute Gasteiger partial charge is 0.409 e. The molecule has 1 heterocycles. The number of hydrogen-bond acceptors (Lipinski definition) is 3. The summed E-state index contributed by atoms with van der Waals surface area (Å²) in [5.74, 6) is 0.164. The SMILES string of the molecule is CCOC(=O)N1CCCN(C(=O)CCc2cccc(C)c2)CC1. The van der Waals surface area contributed by atoms with Crippen LogP contribution in [-0.4, -0.2) is 54.6 Å². The molecule has 1 aliphatic heterocycles. The zero-order valence-corrected chi connectivity index (χ0v) is 14.1. The van der Waals surface area contributed by atoms with Crippen molar-refractivity contribution in [2.45, 2.75) is 33.1 Å². The van der Waals surface area contributed by atoms with Gasteiger partial charge in [-0.3, -0.25) is 4.79 Å². The van der Waals surface area contributed by atoms with E-state index in [0.717, 1.165) is 12.8 Å². The molecule has 23 heavy (non-hydrogen) atoms. The van der Waals surface area contributed by atoms with Gasteiger partial charge in [0.15, 0.2) is 0 Å². The molecule has 2 amide bonds. The summed E-state index contributed by atoms with van der Waals surface area (Å²) in [5.41, 5.74) is 2.41. The number of rotatable bonds is 4. The molecule has 5 heteroatoms. The van der Waals surface area contributed by atoms with Crippen molar-refractivity contribution in [1.29, 1.82) is 0 Å². The monoisotopic (exact) mass is 318 g/mol. The first-order valence-electron chi connectivity index (χ1n) is 8.35. The highest BCUT2D eigenvalue weighted by Crippen LogP contribution is 2.10. The fourth-order valence-electron chi connectivity index (χ4n) is 2.84. The zero-order valence-electron chi connectivity index (χ0n) is 14.1. The Morgan fingerprint density at radius 1 is 1.13 bits per heavy atom. The summed E-state index contributed by atoms with van der Waals surface area (Å²) in [4.78, 5) is 27.7. The third kappa shape index (κ3) is 5.27. The van der Waals surface area contributed by atoms with E-state index < -0.39 is 0 Å². The summed E-state index contributed by atoms with van der Waals surface area (Å²) >= 11 is 0. The summed E-state index contributed by atoms with van der Waals surface area (Å²) in [5, 5.41) is 0. The molecule has 126 valence electrons. The number of aryl methyl sites for hydroxylation is 2. The molecule has 0 radical (unpaired) electrons. The molecule has 0 bridgehead atoms. The largest absolute Gasteiger partial charge is 0.450 e. The third-order valence-electron chi connectivity index (χ3n) is 4.08. The van der Waals surface area contributed by atoms with Crippen molar-refractivity contribution in [2.75, 3.05) is 32.8 Å². The van der Waals surface area contributed by atoms with E-state index in [4.69, 9.17) is 4.74 Å². The first-order valence-corrected chi connectivity index (χ1v) is 8.35. The van der Waals surface area contributed by atoms with Crippen LogP contribution in [-0.2, 0) is 16.0 Å². The maximum Gasteiger partial charge on any atom is 0.409 e. The maximum atomic E-state index is 12.4. The molecular formula is C18H26N2O3. The summed E-state index contributed by atoms with van der Waals surface area (Å²) < 4.78 is 5.03. The van der Waals surface area contributed by atoms with Crippen LogP contribution in [0.3, 0.4) is 0 Å². The molecule has 0 saturated carbocycles. The van der Waals surface area contributed by atoms with Crippen LogP contribution >= 0.6 is 0 Å². The van der Waals surface area contributed by atoms with E-state index >= 15 is 0 Å². The second kappa shape index (κ2) is 8.56. The standard InChI is InChI=1S/C18H26N2O3/c1-3-23-18(22)20-11-5-10-19(12-13-20)17(21)9-8-16-7-4-6-15(2)14-16/h4,6-7,14H,3,5,8-13H2,1-2H3. The molecule has 1 aliphatic rings. The van der Waals surface area contributed by atoms with Gasteiger partial charge in [-0.15, -0.1) is 0 Å². The summed E-state index contributed by atoms with van der Waals surface area (Å²) in [7, 11) is 0. The molecular weight excluding hydrogens is 292 g/mol. The maximum absolute atomic E-state index is 12.4. The number of benzene rings is 1. The number of nitrogens with zero attached hydrogens (tertiary/aromatic N) is 2. The average molecular weight is 318 g/mol. The third-order valence-corrected chi connectivity index (χ3v) is 4.08. The first kappa shape index (κ1) is 17.3. The van der Waals surface area contributed by atoms with Crippen LogP contribution in [0.2, 0.25) is 0 Å². The fourth-order valence-corrected chi connectivity index (χ4v) is 2.84. The Kier molecular flexibility index (Phi) is 6.44. The van der Waals surface area contributed by atoms with Gasteiger partial charge in [-0.1, -0.05) is 29.8 Å². The Morgan fingerprint density at radius 3 is 2.61 bits per heavy atom. The number of hydrogen-bond donors (Lipinski definition) is 0. The average Bonchev–Trinajstić information content (AvgIpc) is 2.79. The fraction of sp³-hybridized carbons (Fsp3) is 0.556. The molecule has 0 aromatic heterocycles. The van der Waals surface area contributed by atoms with Crippen molar-refractivity contribution in [3.8, 4) is 0 Å². The van der Waals surface area contributed by atoms with Crippen LogP contribution < -0.4 is 0 Å². The van der Waals surface area contributed by atoms with Gasteiger partial charge in [0.05, 0.1) is 6.61 Å². The van der Waals surface area contributed by atoms with Gasteiger partial charge in [0, 0.05) is 32.6 Å². The van der Waals surface area contributed by atoms with Gasteiger partial charge in [-0.05, 0) is 32.3 Å². The van der Waals surface area contributed by atoms with E-state index in [1.165, 1.54) is 11.1 Å². The van der Waals surface area contributed by atoms with Crippen LogP contribution in [0.1, 0.15) is 30.9 Å². The van der Waals surface area contributed by atoms with E-state index in [-0.39, 0.29) is 12.0 Å². The molecule has 0 unspecified atom stereocenters. The van der Waals surface area contributed by atoms with Crippen molar-refractivity contribution in [3.63, 3.8) is 0 Å². The number of carbonyl (C=O) groups is 2. The molecule has 1 aromatic rings. The highest BCUT2D eigenvalue weighted by molar-refractivity contribution is 5.76. The second-order valence-corrected chi connectivity index (χ2v) is 5.91. The molecule has 1 aromatic carbocycles. The Balaban J connectivity index is 1.82. The van der Waals surface area contributed by atoms with E-state index in [1.807, 2.05) is 11.0 Å². The predicted octanol–water partition coefficient (Wildman–Crippen LogP) is 2.62. The van der Waals surface area contributed by atoms with Gasteiger partial charge in [0.1, 0.15) is 0 Å². The number of amides is 2. The Labute approximate surface area is 138 Å². The minimum atomic E-state index is -0.276. The quantitative estimate of drug-likeness (QED) is 0.857. The Morgan fingerprint density at radius 2 is 1.87 bits per heavy atom. The van der Waals surface area contributed by atoms with Gasteiger partial charge < -0.3 is 14.5 Å². The van der Waals surface area contributed by atoms with Crippen LogP contribution in [0.5, 0.6) is 0 Å². The lowest BCUT2D eigenvalue weighted by Gasteiger charge is -2.21. The predicted molar refractivity (Wildman–Crippen MR) is 89.3 cm³/mol. The van der Waals surface area contributed by atoms with Gasteiger partial charge in [-0.25, -0.2) is 4.79 Å². The van der Waals surface area contributed by atoms with Crippen molar-refractivity contribution in [1.82, 2.24) is 9.80 Å². The van der Waals surface area contributed by atoms with Gasteiger partial charge in [0.2, 0.25) is 5.91 Å². The number of carbonyl (C=O) groups excluding carboxylic acids is 2. The molecule has 0 aliphatic carbocycles. The van der Waals surface area contributed by atoms with Crippen molar-refractivity contribution in [3.05, 3.63) is 35.4 Å². The van der Waals surface area contributed by atoms with E-state index in [2.05, 4.69) is 25.1 Å². The first-order chi connectivity index (χ1) is 11.1. The summed E-state index contributed by atoms with van der Waals surface area (Å²) in [6, 6.07) is 8.27. The van der Waals surface area contributed by atoms with Crippen molar-refractivity contribution < 1.29 is 14.3 Å². The Hall–Kier alpha value is -2.04. The molecule has 2 rings (SSSR count). The highest BCUT2D eigenvalue weighted by Gasteiger charge is 2.22. The zero-order chi connectivity index (χ0) is 16.7. The molecule has 1 fully saturated rings. The van der Waals surface area contributed by atoms with Crippen LogP contribution in [0.15, 0.2) is 24.3 Å². The van der Waals surface area contributed by atoms with Gasteiger partial charge >= 0.3 is 6.09 Å². The lowest BCUT2D eigenvalue weighted by atomic mass is 10.1. The van der Waals surface area contributed by atoms with Crippen LogP contribution in [0.4, 0.5) is 4.79 Å². The highest BCUT2D eigenvalue weighted by atomic mass is 16.6. The van der Waals surface area contributed by atoms with Crippen LogP contribution in [0, 0.1) is 6.92 Å².